The number of likely N-dealkylation sites (tertiary alicyclic amines) is 1. The van der Waals surface area contributed by atoms with Crippen molar-refractivity contribution in [2.24, 2.45) is 11.7 Å². The van der Waals surface area contributed by atoms with Gasteiger partial charge in [0.25, 0.3) is 0 Å². The molecule has 0 spiro atoms. The second kappa shape index (κ2) is 7.22. The molecule has 6 heteroatoms. The molecule has 4 rings (SSSR count). The van der Waals surface area contributed by atoms with Crippen LogP contribution in [0.2, 0.25) is 5.02 Å². The molecule has 0 bridgehead atoms. The molecule has 1 saturated heterocycles. The number of rotatable bonds is 3. The predicted molar refractivity (Wildman–Crippen MR) is 103 cm³/mol. The number of thiazole rings is 1. The molecule has 1 aromatic carbocycles. The van der Waals surface area contributed by atoms with Gasteiger partial charge in [-0.15, -0.1) is 11.3 Å². The first-order valence-corrected chi connectivity index (χ1v) is 10.4. The van der Waals surface area contributed by atoms with E-state index < -0.39 is 0 Å². The minimum absolute atomic E-state index is 0.219. The summed E-state index contributed by atoms with van der Waals surface area (Å²) in [5, 5.41) is 1.91. The zero-order valence-electron chi connectivity index (χ0n) is 14.3. The molecule has 2 aliphatic rings. The van der Waals surface area contributed by atoms with Gasteiger partial charge in [-0.2, -0.15) is 0 Å². The number of halogens is 1. The molecular formula is C19H24ClN3OS. The number of nitrogens with two attached hydrogens (primary N) is 1. The van der Waals surface area contributed by atoms with Gasteiger partial charge in [0.05, 0.1) is 15.2 Å². The number of amides is 1. The standard InChI is InChI=1S/C19H24ClN3OS/c20-14-4-5-17-16(11-14)22-19(25-17)12-6-8-23(9-7-12)18(24)10-13-2-1-3-15(13)21/h4-5,11-13,15H,1-3,6-10,21H2/t13-,15+/m0/s1. The molecule has 1 amide bonds. The number of carbonyl (C=O) groups is 1. The van der Waals surface area contributed by atoms with Crippen molar-refractivity contribution in [1.82, 2.24) is 9.88 Å². The van der Waals surface area contributed by atoms with Gasteiger partial charge in [0, 0.05) is 36.5 Å². The zero-order chi connectivity index (χ0) is 17.4. The molecule has 2 fully saturated rings. The van der Waals surface area contributed by atoms with Crippen molar-refractivity contribution in [3.8, 4) is 0 Å². The van der Waals surface area contributed by atoms with Crippen LogP contribution in [0, 0.1) is 5.92 Å². The van der Waals surface area contributed by atoms with Gasteiger partial charge >= 0.3 is 0 Å². The fourth-order valence-corrected chi connectivity index (χ4v) is 5.42. The lowest BCUT2D eigenvalue weighted by atomic mass is 9.95. The van der Waals surface area contributed by atoms with E-state index in [0.717, 1.165) is 49.3 Å². The Morgan fingerprint density at radius 1 is 1.28 bits per heavy atom. The van der Waals surface area contributed by atoms with Crippen molar-refractivity contribution in [2.75, 3.05) is 13.1 Å². The molecule has 2 N–H and O–H groups in total. The van der Waals surface area contributed by atoms with Crippen LogP contribution in [0.3, 0.4) is 0 Å². The Labute approximate surface area is 157 Å². The van der Waals surface area contributed by atoms with Crippen LogP contribution in [0.4, 0.5) is 0 Å². The molecule has 2 aromatic rings. The van der Waals surface area contributed by atoms with E-state index in [2.05, 4.69) is 0 Å². The summed E-state index contributed by atoms with van der Waals surface area (Å²) in [7, 11) is 0. The molecule has 134 valence electrons. The molecule has 0 radical (unpaired) electrons. The smallest absolute Gasteiger partial charge is 0.222 e. The Kier molecular flexibility index (Phi) is 4.98. The van der Waals surface area contributed by atoms with Crippen LogP contribution in [0.5, 0.6) is 0 Å². The average Bonchev–Trinajstić information content (AvgIpc) is 3.21. The minimum atomic E-state index is 0.219. The predicted octanol–water partition coefficient (Wildman–Crippen LogP) is 4.17. The highest BCUT2D eigenvalue weighted by Gasteiger charge is 2.30. The van der Waals surface area contributed by atoms with Crippen LogP contribution in [-0.4, -0.2) is 34.9 Å². The van der Waals surface area contributed by atoms with E-state index >= 15 is 0 Å². The minimum Gasteiger partial charge on any atom is -0.343 e. The van der Waals surface area contributed by atoms with Crippen LogP contribution in [0.1, 0.15) is 49.5 Å². The van der Waals surface area contributed by atoms with Crippen LogP contribution >= 0.6 is 22.9 Å². The molecule has 2 heterocycles. The zero-order valence-corrected chi connectivity index (χ0v) is 15.9. The molecule has 0 unspecified atom stereocenters. The highest BCUT2D eigenvalue weighted by Crippen LogP contribution is 2.35. The number of carbonyl (C=O) groups excluding carboxylic acids is 1. The third-order valence-corrected chi connectivity index (χ3v) is 7.15. The number of aromatic nitrogens is 1. The Morgan fingerprint density at radius 3 is 2.80 bits per heavy atom. The largest absolute Gasteiger partial charge is 0.343 e. The van der Waals surface area contributed by atoms with Crippen molar-refractivity contribution in [3.05, 3.63) is 28.2 Å². The quantitative estimate of drug-likeness (QED) is 0.873. The average molecular weight is 378 g/mol. The van der Waals surface area contributed by atoms with Crippen LogP contribution in [0.15, 0.2) is 18.2 Å². The SMILES string of the molecule is N[C@@H]1CCC[C@H]1CC(=O)N1CCC(c2nc3cc(Cl)ccc3s2)CC1. The van der Waals surface area contributed by atoms with Gasteiger partial charge in [0.1, 0.15) is 0 Å². The topological polar surface area (TPSA) is 59.2 Å². The lowest BCUT2D eigenvalue weighted by molar-refractivity contribution is -0.133. The maximum Gasteiger partial charge on any atom is 0.222 e. The maximum atomic E-state index is 12.6. The fourth-order valence-electron chi connectivity index (χ4n) is 4.14. The van der Waals surface area contributed by atoms with Crippen molar-refractivity contribution in [2.45, 2.75) is 50.5 Å². The first-order valence-electron chi connectivity index (χ1n) is 9.19. The Balaban J connectivity index is 1.36. The summed E-state index contributed by atoms with van der Waals surface area (Å²) in [5.41, 5.74) is 7.10. The maximum absolute atomic E-state index is 12.6. The van der Waals surface area contributed by atoms with Gasteiger partial charge in [-0.05, 0) is 49.8 Å². The summed E-state index contributed by atoms with van der Waals surface area (Å²) in [6.07, 6.45) is 5.97. The van der Waals surface area contributed by atoms with Gasteiger partial charge in [-0.3, -0.25) is 4.79 Å². The molecule has 2 atom stereocenters. The second-order valence-corrected chi connectivity index (χ2v) is 8.88. The van der Waals surface area contributed by atoms with Crippen LogP contribution in [-0.2, 0) is 4.79 Å². The summed E-state index contributed by atoms with van der Waals surface area (Å²) in [5.74, 6) is 1.13. The molecule has 1 aliphatic heterocycles. The van der Waals surface area contributed by atoms with Gasteiger partial charge < -0.3 is 10.6 Å². The highest BCUT2D eigenvalue weighted by molar-refractivity contribution is 7.18. The number of piperidine rings is 1. The van der Waals surface area contributed by atoms with Gasteiger partial charge in [-0.1, -0.05) is 18.0 Å². The molecule has 1 aromatic heterocycles. The number of fused-ring (bicyclic) bond motifs is 1. The number of hydrogen-bond donors (Lipinski definition) is 1. The Hall–Kier alpha value is -1.17. The van der Waals surface area contributed by atoms with E-state index in [-0.39, 0.29) is 11.9 Å². The third kappa shape index (κ3) is 3.69. The van der Waals surface area contributed by atoms with Crippen LogP contribution in [0.25, 0.3) is 10.2 Å². The lowest BCUT2D eigenvalue weighted by Crippen LogP contribution is -2.40. The van der Waals surface area contributed by atoms with Gasteiger partial charge in [-0.25, -0.2) is 4.98 Å². The monoisotopic (exact) mass is 377 g/mol. The lowest BCUT2D eigenvalue weighted by Gasteiger charge is -2.32. The van der Waals surface area contributed by atoms with E-state index in [0.29, 0.717) is 18.3 Å². The van der Waals surface area contributed by atoms with E-state index in [4.69, 9.17) is 22.3 Å². The van der Waals surface area contributed by atoms with Gasteiger partial charge in [0.15, 0.2) is 0 Å². The normalized spacial score (nSPS) is 25.0. The molecule has 4 nitrogen and oxygen atoms in total. The first-order chi connectivity index (χ1) is 12.1. The molecule has 1 saturated carbocycles. The van der Waals surface area contributed by atoms with Crippen molar-refractivity contribution in [1.29, 1.82) is 0 Å². The highest BCUT2D eigenvalue weighted by atomic mass is 35.5. The van der Waals surface area contributed by atoms with E-state index in [1.165, 1.54) is 16.1 Å². The van der Waals surface area contributed by atoms with Gasteiger partial charge in [0.2, 0.25) is 5.91 Å². The molecule has 1 aliphatic carbocycles. The molecule has 25 heavy (non-hydrogen) atoms. The number of benzene rings is 1. The van der Waals surface area contributed by atoms with E-state index in [1.54, 1.807) is 11.3 Å². The summed E-state index contributed by atoms with van der Waals surface area (Å²) in [6.45, 7) is 1.67. The number of hydrogen-bond acceptors (Lipinski definition) is 4. The second-order valence-electron chi connectivity index (χ2n) is 7.38. The van der Waals surface area contributed by atoms with E-state index in [9.17, 15) is 4.79 Å². The fraction of sp³-hybridized carbons (Fsp3) is 0.579. The Bertz CT molecular complexity index is 769. The van der Waals surface area contributed by atoms with Crippen molar-refractivity contribution < 1.29 is 4.79 Å². The number of nitrogens with zero attached hydrogens (tertiary/aromatic N) is 2. The summed E-state index contributed by atoms with van der Waals surface area (Å²) < 4.78 is 1.19. The van der Waals surface area contributed by atoms with Crippen molar-refractivity contribution >= 4 is 39.1 Å². The van der Waals surface area contributed by atoms with Crippen LogP contribution < -0.4 is 5.73 Å². The summed E-state index contributed by atoms with van der Waals surface area (Å²) >= 11 is 7.82. The summed E-state index contributed by atoms with van der Waals surface area (Å²) in [4.78, 5) is 19.4. The molecular weight excluding hydrogens is 354 g/mol. The Morgan fingerprint density at radius 2 is 2.08 bits per heavy atom. The first kappa shape index (κ1) is 17.3. The van der Waals surface area contributed by atoms with E-state index in [1.807, 2.05) is 23.1 Å². The summed E-state index contributed by atoms with van der Waals surface area (Å²) in [6, 6.07) is 6.11. The van der Waals surface area contributed by atoms with Crippen molar-refractivity contribution in [3.63, 3.8) is 0 Å². The third-order valence-electron chi connectivity index (χ3n) is 5.72.